The Morgan fingerprint density at radius 1 is 1.14 bits per heavy atom. The van der Waals surface area contributed by atoms with Crippen molar-refractivity contribution in [1.82, 2.24) is 0 Å². The Morgan fingerprint density at radius 3 is 2.46 bits per heavy atom. The maximum absolute atomic E-state index is 12.2. The first-order valence-corrected chi connectivity index (χ1v) is 9.12. The summed E-state index contributed by atoms with van der Waals surface area (Å²) >= 11 is 0. The van der Waals surface area contributed by atoms with E-state index in [4.69, 9.17) is 4.55 Å². The summed E-state index contributed by atoms with van der Waals surface area (Å²) in [6.45, 7) is 0. The molecule has 28 heavy (non-hydrogen) atoms. The minimum Gasteiger partial charge on any atom is -0.465 e. The number of hydrogen-bond acceptors (Lipinski definition) is 7. The standard InChI is InChI=1S/C18H15N3O6S/c1-27-18(23)12-4-2-5-14(8-12)20-11-13(10-19)17(22)21-15-6-3-7-16(9-15)28(24,25)26/h2-9,11,20H,1H3,(H,21,22)(H,24,25,26)/b13-11-. The summed E-state index contributed by atoms with van der Waals surface area (Å²) in [6.07, 6.45) is 1.14. The molecule has 10 heteroatoms. The lowest BCUT2D eigenvalue weighted by molar-refractivity contribution is -0.112. The molecule has 0 heterocycles. The lowest BCUT2D eigenvalue weighted by Crippen LogP contribution is -2.15. The van der Waals surface area contributed by atoms with Crippen LogP contribution in [0, 0.1) is 11.3 Å². The van der Waals surface area contributed by atoms with Crippen LogP contribution in [-0.4, -0.2) is 32.0 Å². The summed E-state index contributed by atoms with van der Waals surface area (Å²) < 4.78 is 36.0. The third-order valence-electron chi connectivity index (χ3n) is 3.42. The third-order valence-corrected chi connectivity index (χ3v) is 4.27. The van der Waals surface area contributed by atoms with E-state index in [2.05, 4.69) is 15.4 Å². The fraction of sp³-hybridized carbons (Fsp3) is 0.0556. The number of methoxy groups -OCH3 is 1. The van der Waals surface area contributed by atoms with Crippen molar-refractivity contribution in [3.05, 3.63) is 65.9 Å². The minimum atomic E-state index is -4.43. The lowest BCUT2D eigenvalue weighted by Gasteiger charge is -2.07. The molecular formula is C18H15N3O6S. The number of esters is 1. The highest BCUT2D eigenvalue weighted by Gasteiger charge is 2.13. The summed E-state index contributed by atoms with van der Waals surface area (Å²) in [5.74, 6) is -1.34. The Morgan fingerprint density at radius 2 is 1.82 bits per heavy atom. The van der Waals surface area contributed by atoms with Gasteiger partial charge in [0.2, 0.25) is 0 Å². The molecule has 0 atom stereocenters. The van der Waals surface area contributed by atoms with Crippen LogP contribution in [0.4, 0.5) is 11.4 Å². The molecule has 1 amide bonds. The molecule has 2 aromatic rings. The SMILES string of the molecule is COC(=O)c1cccc(N/C=C(/C#N)C(=O)Nc2cccc(S(=O)(=O)O)c2)c1. The lowest BCUT2D eigenvalue weighted by atomic mass is 10.2. The highest BCUT2D eigenvalue weighted by Crippen LogP contribution is 2.16. The predicted octanol–water partition coefficient (Wildman–Crippen LogP) is 2.18. The van der Waals surface area contributed by atoms with Gasteiger partial charge in [0.25, 0.3) is 16.0 Å². The zero-order valence-electron chi connectivity index (χ0n) is 14.5. The van der Waals surface area contributed by atoms with E-state index in [-0.39, 0.29) is 16.8 Å². The van der Waals surface area contributed by atoms with Crippen molar-refractivity contribution in [2.45, 2.75) is 4.90 Å². The number of benzene rings is 2. The number of carbonyl (C=O) groups is 2. The van der Waals surface area contributed by atoms with Crippen LogP contribution < -0.4 is 10.6 Å². The molecular weight excluding hydrogens is 386 g/mol. The first-order valence-electron chi connectivity index (χ1n) is 7.68. The van der Waals surface area contributed by atoms with Gasteiger partial charge in [0, 0.05) is 17.6 Å². The van der Waals surface area contributed by atoms with E-state index in [1.165, 1.54) is 25.3 Å². The Balaban J connectivity index is 2.16. The Bertz CT molecular complexity index is 1090. The Kier molecular flexibility index (Phi) is 6.49. The van der Waals surface area contributed by atoms with Crippen LogP contribution in [0.15, 0.2) is 65.2 Å². The van der Waals surface area contributed by atoms with Crippen molar-refractivity contribution in [3.63, 3.8) is 0 Å². The molecule has 144 valence electrons. The second-order valence-corrected chi connectivity index (χ2v) is 6.77. The molecule has 0 aromatic heterocycles. The molecule has 2 aromatic carbocycles. The van der Waals surface area contributed by atoms with Crippen LogP contribution >= 0.6 is 0 Å². The maximum atomic E-state index is 12.2. The Hall–Kier alpha value is -3.68. The molecule has 0 fully saturated rings. The Labute approximate surface area is 161 Å². The molecule has 0 spiro atoms. The number of hydrogen-bond donors (Lipinski definition) is 3. The first-order chi connectivity index (χ1) is 13.2. The second-order valence-electron chi connectivity index (χ2n) is 5.34. The van der Waals surface area contributed by atoms with Crippen molar-refractivity contribution in [3.8, 4) is 6.07 Å². The van der Waals surface area contributed by atoms with E-state index < -0.39 is 26.9 Å². The maximum Gasteiger partial charge on any atom is 0.337 e. The number of nitriles is 1. The van der Waals surface area contributed by atoms with Gasteiger partial charge in [-0.15, -0.1) is 0 Å². The van der Waals surface area contributed by atoms with Crippen LogP contribution in [0.1, 0.15) is 10.4 Å². The van der Waals surface area contributed by atoms with Crippen LogP contribution in [0.3, 0.4) is 0 Å². The van der Waals surface area contributed by atoms with Gasteiger partial charge in [0.05, 0.1) is 17.6 Å². The average molecular weight is 401 g/mol. The number of nitrogens with one attached hydrogen (secondary N) is 2. The van der Waals surface area contributed by atoms with Crippen LogP contribution in [0.5, 0.6) is 0 Å². The number of amides is 1. The van der Waals surface area contributed by atoms with E-state index in [1.54, 1.807) is 24.3 Å². The van der Waals surface area contributed by atoms with Gasteiger partial charge in [-0.05, 0) is 36.4 Å². The minimum absolute atomic E-state index is 0.0777. The smallest absolute Gasteiger partial charge is 0.337 e. The van der Waals surface area contributed by atoms with Gasteiger partial charge in [-0.3, -0.25) is 9.35 Å². The molecule has 0 bridgehead atoms. The van der Waals surface area contributed by atoms with E-state index in [1.807, 2.05) is 0 Å². The van der Waals surface area contributed by atoms with Gasteiger partial charge in [0.1, 0.15) is 11.6 Å². The number of rotatable bonds is 6. The number of anilines is 2. The normalized spacial score (nSPS) is 11.2. The molecule has 0 saturated heterocycles. The van der Waals surface area contributed by atoms with Gasteiger partial charge in [-0.2, -0.15) is 13.7 Å². The van der Waals surface area contributed by atoms with Crippen LogP contribution in [0.25, 0.3) is 0 Å². The summed E-state index contributed by atoms with van der Waals surface area (Å²) in [4.78, 5) is 23.3. The summed E-state index contributed by atoms with van der Waals surface area (Å²) in [7, 11) is -3.18. The third kappa shape index (κ3) is 5.41. The highest BCUT2D eigenvalue weighted by atomic mass is 32.2. The van der Waals surface area contributed by atoms with Gasteiger partial charge in [-0.25, -0.2) is 4.79 Å². The molecule has 9 nitrogen and oxygen atoms in total. The fourth-order valence-electron chi connectivity index (χ4n) is 2.09. The van der Waals surface area contributed by atoms with E-state index >= 15 is 0 Å². The van der Waals surface area contributed by atoms with Crippen molar-refractivity contribution < 1.29 is 27.3 Å². The van der Waals surface area contributed by atoms with E-state index in [9.17, 15) is 23.3 Å². The molecule has 0 radical (unpaired) electrons. The molecule has 0 aliphatic heterocycles. The van der Waals surface area contributed by atoms with Crippen molar-refractivity contribution >= 4 is 33.4 Å². The summed E-state index contributed by atoms with van der Waals surface area (Å²) in [5, 5.41) is 14.3. The predicted molar refractivity (Wildman–Crippen MR) is 100.0 cm³/mol. The van der Waals surface area contributed by atoms with Crippen LogP contribution in [0.2, 0.25) is 0 Å². The first kappa shape index (κ1) is 20.6. The zero-order chi connectivity index (χ0) is 20.7. The van der Waals surface area contributed by atoms with Crippen molar-refractivity contribution in [2.24, 2.45) is 0 Å². The summed E-state index contributed by atoms with van der Waals surface area (Å²) in [5.41, 5.74) is 0.498. The number of carbonyl (C=O) groups excluding carboxylic acids is 2. The monoisotopic (exact) mass is 401 g/mol. The zero-order valence-corrected chi connectivity index (χ0v) is 15.4. The van der Waals surface area contributed by atoms with Crippen molar-refractivity contribution in [1.29, 1.82) is 5.26 Å². The molecule has 0 saturated carbocycles. The number of nitrogens with zero attached hydrogens (tertiary/aromatic N) is 1. The molecule has 0 aliphatic rings. The van der Waals surface area contributed by atoms with Gasteiger partial charge < -0.3 is 15.4 Å². The largest absolute Gasteiger partial charge is 0.465 e. The second kappa shape index (κ2) is 8.81. The average Bonchev–Trinajstić information content (AvgIpc) is 2.67. The number of ether oxygens (including phenoxy) is 1. The topological polar surface area (TPSA) is 146 Å². The molecule has 0 unspecified atom stereocenters. The van der Waals surface area contributed by atoms with Crippen LogP contribution in [-0.2, 0) is 19.6 Å². The van der Waals surface area contributed by atoms with Crippen molar-refractivity contribution in [2.75, 3.05) is 17.7 Å². The van der Waals surface area contributed by atoms with Gasteiger partial charge in [0.15, 0.2) is 0 Å². The van der Waals surface area contributed by atoms with Gasteiger partial charge in [-0.1, -0.05) is 12.1 Å². The summed E-state index contributed by atoms with van der Waals surface area (Å²) in [6, 6.07) is 12.9. The molecule has 0 aliphatic carbocycles. The fourth-order valence-corrected chi connectivity index (χ4v) is 2.62. The molecule has 3 N–H and O–H groups in total. The van der Waals surface area contributed by atoms with Gasteiger partial charge >= 0.3 is 5.97 Å². The van der Waals surface area contributed by atoms with E-state index in [0.29, 0.717) is 5.69 Å². The quantitative estimate of drug-likeness (QED) is 0.289. The molecule has 2 rings (SSSR count). The van der Waals surface area contributed by atoms with E-state index in [0.717, 1.165) is 18.3 Å². The highest BCUT2D eigenvalue weighted by molar-refractivity contribution is 7.85.